The van der Waals surface area contributed by atoms with Crippen molar-refractivity contribution in [2.75, 3.05) is 0 Å². The van der Waals surface area contributed by atoms with Crippen molar-refractivity contribution in [1.29, 1.82) is 0 Å². The van der Waals surface area contributed by atoms with E-state index in [4.69, 9.17) is 0 Å². The summed E-state index contributed by atoms with van der Waals surface area (Å²) in [7, 11) is 0. The number of allylic oxidation sites excluding steroid dienone is 28. The summed E-state index contributed by atoms with van der Waals surface area (Å²) >= 11 is 0. The van der Waals surface area contributed by atoms with Crippen LogP contribution in [0.15, 0.2) is 163 Å². The fourth-order valence-corrected chi connectivity index (χ4v) is 9.80. The first-order chi connectivity index (χ1) is 29.8. The molecule has 0 aromatic rings. The van der Waals surface area contributed by atoms with Crippen molar-refractivity contribution < 1.29 is 0 Å². The number of hydrogen-bond donors (Lipinski definition) is 0. The van der Waals surface area contributed by atoms with Gasteiger partial charge in [0.25, 0.3) is 0 Å². The lowest BCUT2D eigenvalue weighted by Gasteiger charge is -2.26. The van der Waals surface area contributed by atoms with Crippen LogP contribution in [0.25, 0.3) is 0 Å². The third kappa shape index (κ3) is 8.65. The van der Waals surface area contributed by atoms with E-state index in [0.717, 1.165) is 110 Å². The molecule has 0 heteroatoms. The lowest BCUT2D eigenvalue weighted by atomic mass is 9.77. The van der Waals surface area contributed by atoms with Gasteiger partial charge in [0.05, 0.1) is 22.3 Å². The standard InChI is InChI=1S/C60H44/c1-2-22-46(58-51-31-11-12-32-52(58)40-18-39-51)24-5-6-26-48(60-55-35-15-16-36-56(60)44-20-43-55)28-8-7-27-47(59-53-33-13-14-34-54(59)42-19-41-53)25-4-3-23-45(21-1)57-49-29-9-10-30-50(57)38-17-37-49/h9-16,29-33,35,54,56H,17-20,34,36-44H2. The monoisotopic (exact) mass is 764 g/mol. The molecule has 0 aliphatic heterocycles. The molecule has 0 amide bonds. The fraction of sp³-hybridized carbons (Fsp3) is 0.267. The predicted octanol–water partition coefficient (Wildman–Crippen LogP) is 11.8. The highest BCUT2D eigenvalue weighted by Gasteiger charge is 2.27. The average molecular weight is 765 g/mol. The molecule has 9 aliphatic carbocycles. The predicted molar refractivity (Wildman–Crippen MR) is 247 cm³/mol. The van der Waals surface area contributed by atoms with Gasteiger partial charge in [0, 0.05) is 11.1 Å². The molecule has 9 aliphatic rings. The van der Waals surface area contributed by atoms with Crippen molar-refractivity contribution in [3.8, 4) is 94.7 Å². The Morgan fingerprint density at radius 3 is 0.967 bits per heavy atom. The zero-order valence-corrected chi connectivity index (χ0v) is 34.1. The van der Waals surface area contributed by atoms with Gasteiger partial charge >= 0.3 is 0 Å². The third-order valence-corrected chi connectivity index (χ3v) is 12.5. The molecule has 0 saturated heterocycles. The van der Waals surface area contributed by atoms with Crippen molar-refractivity contribution in [3.63, 3.8) is 0 Å². The largest absolute Gasteiger partial charge is 0.0842 e. The van der Waals surface area contributed by atoms with E-state index in [1.54, 1.807) is 0 Å². The van der Waals surface area contributed by atoms with Crippen molar-refractivity contribution >= 4 is 0 Å². The Morgan fingerprint density at radius 2 is 0.617 bits per heavy atom. The summed E-state index contributed by atoms with van der Waals surface area (Å²) in [5, 5.41) is 0. The van der Waals surface area contributed by atoms with Crippen molar-refractivity contribution in [2.45, 2.75) is 89.9 Å². The van der Waals surface area contributed by atoms with Crippen LogP contribution in [-0.2, 0) is 0 Å². The van der Waals surface area contributed by atoms with Gasteiger partial charge in [-0.3, -0.25) is 0 Å². The average Bonchev–Trinajstić information content (AvgIpc) is 3.58. The summed E-state index contributed by atoms with van der Waals surface area (Å²) in [6.45, 7) is 0. The molecule has 0 heterocycles. The molecule has 0 N–H and O–H groups in total. The Balaban J connectivity index is 1.25. The first-order valence-corrected chi connectivity index (χ1v) is 21.7. The van der Waals surface area contributed by atoms with E-state index in [9.17, 15) is 0 Å². The lowest BCUT2D eigenvalue weighted by Crippen LogP contribution is -2.13. The molecule has 0 aromatic heterocycles. The highest BCUT2D eigenvalue weighted by atomic mass is 14.3. The van der Waals surface area contributed by atoms with E-state index in [1.165, 1.54) is 57.4 Å². The van der Waals surface area contributed by atoms with Gasteiger partial charge in [-0.15, -0.1) is 0 Å². The number of fused-ring (bicyclic) bond motifs is 8. The molecule has 4 saturated carbocycles. The molecular formula is C60H44. The van der Waals surface area contributed by atoms with Gasteiger partial charge in [-0.2, -0.15) is 0 Å². The van der Waals surface area contributed by atoms with Crippen LogP contribution < -0.4 is 0 Å². The summed E-state index contributed by atoms with van der Waals surface area (Å²) in [5.41, 5.74) is 15.5. The Morgan fingerprint density at radius 1 is 0.317 bits per heavy atom. The second-order valence-corrected chi connectivity index (χ2v) is 16.2. The summed E-state index contributed by atoms with van der Waals surface area (Å²) in [4.78, 5) is 0. The lowest BCUT2D eigenvalue weighted by molar-refractivity contribution is 0.507. The van der Waals surface area contributed by atoms with Crippen LogP contribution in [0.2, 0.25) is 0 Å². The summed E-state index contributed by atoms with van der Waals surface area (Å²) in [6, 6.07) is 0. The molecule has 0 aromatic carbocycles. The minimum Gasteiger partial charge on any atom is -0.0839 e. The van der Waals surface area contributed by atoms with Crippen LogP contribution in [0.3, 0.4) is 0 Å². The Kier molecular flexibility index (Phi) is 11.9. The van der Waals surface area contributed by atoms with Crippen LogP contribution in [0.4, 0.5) is 0 Å². The van der Waals surface area contributed by atoms with Crippen molar-refractivity contribution in [2.24, 2.45) is 11.8 Å². The molecule has 2 atom stereocenters. The van der Waals surface area contributed by atoms with Gasteiger partial charge in [0.15, 0.2) is 0 Å². The Hall–Kier alpha value is -7.16. The second-order valence-electron chi connectivity index (χ2n) is 16.2. The van der Waals surface area contributed by atoms with Gasteiger partial charge in [0.1, 0.15) is 0 Å². The molecule has 284 valence electrons. The van der Waals surface area contributed by atoms with E-state index in [1.807, 2.05) is 0 Å². The maximum Gasteiger partial charge on any atom is 0.0842 e. The highest BCUT2D eigenvalue weighted by Crippen LogP contribution is 2.42. The molecule has 0 spiro atoms. The minimum absolute atomic E-state index is 0.376. The van der Waals surface area contributed by atoms with E-state index in [2.05, 4.69) is 180 Å². The summed E-state index contributed by atoms with van der Waals surface area (Å²) in [5.74, 6) is 54.1. The van der Waals surface area contributed by atoms with Crippen LogP contribution in [0, 0.1) is 107 Å². The maximum atomic E-state index is 3.45. The Bertz CT molecular complexity index is 2680. The van der Waals surface area contributed by atoms with Crippen molar-refractivity contribution in [3.05, 3.63) is 163 Å². The normalized spacial score (nSPS) is 25.9. The van der Waals surface area contributed by atoms with Crippen LogP contribution in [0.5, 0.6) is 0 Å². The smallest absolute Gasteiger partial charge is 0.0839 e. The molecule has 0 radical (unpaired) electrons. The quantitative estimate of drug-likeness (QED) is 0.216. The molecule has 60 heavy (non-hydrogen) atoms. The van der Waals surface area contributed by atoms with Gasteiger partial charge in [-0.25, -0.2) is 0 Å². The van der Waals surface area contributed by atoms with E-state index < -0.39 is 0 Å². The van der Waals surface area contributed by atoms with Gasteiger partial charge in [-0.05, 0) is 241 Å². The minimum atomic E-state index is 0.376. The van der Waals surface area contributed by atoms with E-state index >= 15 is 0 Å². The molecule has 2 unspecified atom stereocenters. The van der Waals surface area contributed by atoms with Crippen LogP contribution >= 0.6 is 0 Å². The summed E-state index contributed by atoms with van der Waals surface area (Å²) < 4.78 is 0. The van der Waals surface area contributed by atoms with Crippen LogP contribution in [-0.4, -0.2) is 0 Å². The molecular weight excluding hydrogens is 721 g/mol. The molecule has 4 fully saturated rings. The van der Waals surface area contributed by atoms with Gasteiger partial charge in [0.2, 0.25) is 0 Å². The van der Waals surface area contributed by atoms with Crippen LogP contribution in [0.1, 0.15) is 89.9 Å². The van der Waals surface area contributed by atoms with Gasteiger partial charge in [-0.1, -0.05) is 85.1 Å². The Labute approximate surface area is 358 Å². The first-order valence-electron chi connectivity index (χ1n) is 21.7. The zero-order chi connectivity index (χ0) is 40.4. The fourth-order valence-electron chi connectivity index (χ4n) is 9.80. The number of rotatable bonds is 0. The maximum absolute atomic E-state index is 3.45. The third-order valence-electron chi connectivity index (χ3n) is 12.5. The topological polar surface area (TPSA) is 0 Å². The zero-order valence-electron chi connectivity index (χ0n) is 34.1. The SMILES string of the molecule is C1#CC(=C2C3=CC=CC=C2CCC3)C#CC#CC(=C2C3=CC=CCC2CCC3)C#CC#CC(=C2C3=CC=CCC2CCC3)C#CC#CC(=C2C3=CC=CC=C2CCC3)C#C1. The van der Waals surface area contributed by atoms with Crippen molar-refractivity contribution in [1.82, 2.24) is 0 Å². The molecule has 9 rings (SSSR count). The highest BCUT2D eigenvalue weighted by molar-refractivity contribution is 5.69. The molecule has 0 nitrogen and oxygen atoms in total. The van der Waals surface area contributed by atoms with E-state index in [0.29, 0.717) is 11.8 Å². The second kappa shape index (κ2) is 18.6. The summed E-state index contributed by atoms with van der Waals surface area (Å²) in [6.07, 6.45) is 45.4. The first kappa shape index (κ1) is 38.4. The van der Waals surface area contributed by atoms with Gasteiger partial charge < -0.3 is 0 Å². The van der Waals surface area contributed by atoms with E-state index in [-0.39, 0.29) is 0 Å². The molecule has 8 bridgehead atoms. The number of hydrogen-bond acceptors (Lipinski definition) is 0.